The molecule has 2 aliphatic heterocycles. The molecule has 3 aliphatic carbocycles. The van der Waals surface area contributed by atoms with Crippen LogP contribution in [-0.4, -0.2) is 54.2 Å². The molecule has 1 aromatic carbocycles. The maximum atomic E-state index is 12.2. The quantitative estimate of drug-likeness (QED) is 0.601. The van der Waals surface area contributed by atoms with Crippen LogP contribution in [0.1, 0.15) is 76.7 Å². The largest absolute Gasteiger partial charge is 0.457 e. The summed E-state index contributed by atoms with van der Waals surface area (Å²) in [6, 6.07) is 10.0. The Labute approximate surface area is 201 Å². The molecule has 7 nitrogen and oxygen atoms in total. The molecule has 0 N–H and O–H groups in total. The summed E-state index contributed by atoms with van der Waals surface area (Å²) in [5, 5.41) is 0. The van der Waals surface area contributed by atoms with Gasteiger partial charge in [-0.2, -0.15) is 0 Å². The standard InChI is InChI=1S/C27H36O7/c1-18(28)30-21-20(29-17-19-11-5-2-6-12-19)22-24(33-26(31-22)13-7-3-8-14-26)25-23(21)32-27(34-25)15-9-4-10-16-27/h2,5-6,11-12,20-25H,3-4,7-10,13-17H2,1H3/t20-,21-,22+,23-,24-,25-/m0/s1. The van der Waals surface area contributed by atoms with E-state index in [0.29, 0.717) is 6.61 Å². The Balaban J connectivity index is 1.33. The van der Waals surface area contributed by atoms with Crippen LogP contribution in [0.3, 0.4) is 0 Å². The van der Waals surface area contributed by atoms with Gasteiger partial charge in [0, 0.05) is 32.6 Å². The summed E-state index contributed by atoms with van der Waals surface area (Å²) in [5.41, 5.74) is 1.06. The van der Waals surface area contributed by atoms with Crippen molar-refractivity contribution in [2.45, 2.75) is 126 Å². The van der Waals surface area contributed by atoms with Gasteiger partial charge in [0.05, 0.1) is 6.61 Å². The average Bonchev–Trinajstić information content (AvgIpc) is 3.39. The highest BCUT2D eigenvalue weighted by Crippen LogP contribution is 2.52. The van der Waals surface area contributed by atoms with Gasteiger partial charge in [0.25, 0.3) is 0 Å². The second kappa shape index (κ2) is 9.17. The second-order valence-electron chi connectivity index (χ2n) is 10.6. The van der Waals surface area contributed by atoms with Crippen molar-refractivity contribution in [3.8, 4) is 0 Å². The number of hydrogen-bond donors (Lipinski definition) is 0. The number of rotatable bonds is 4. The minimum Gasteiger partial charge on any atom is -0.457 e. The molecule has 34 heavy (non-hydrogen) atoms. The summed E-state index contributed by atoms with van der Waals surface area (Å²) < 4.78 is 39.2. The zero-order chi connectivity index (χ0) is 23.2. The van der Waals surface area contributed by atoms with Crippen LogP contribution in [0.25, 0.3) is 0 Å². The highest BCUT2D eigenvalue weighted by atomic mass is 16.8. The van der Waals surface area contributed by atoms with Gasteiger partial charge in [-0.1, -0.05) is 43.2 Å². The van der Waals surface area contributed by atoms with Crippen molar-refractivity contribution in [1.29, 1.82) is 0 Å². The Morgan fingerprint density at radius 1 is 0.765 bits per heavy atom. The number of ether oxygens (including phenoxy) is 6. The first-order valence-electron chi connectivity index (χ1n) is 13.1. The van der Waals surface area contributed by atoms with Crippen LogP contribution in [0.15, 0.2) is 30.3 Å². The van der Waals surface area contributed by atoms with Gasteiger partial charge < -0.3 is 28.4 Å². The summed E-state index contributed by atoms with van der Waals surface area (Å²) in [7, 11) is 0. The van der Waals surface area contributed by atoms with Crippen molar-refractivity contribution in [3.05, 3.63) is 35.9 Å². The van der Waals surface area contributed by atoms with Gasteiger partial charge in [0.2, 0.25) is 0 Å². The third-order valence-corrected chi connectivity index (χ3v) is 8.16. The molecule has 2 spiro atoms. The van der Waals surface area contributed by atoms with Crippen LogP contribution in [0.2, 0.25) is 0 Å². The van der Waals surface area contributed by atoms with Crippen molar-refractivity contribution in [3.63, 3.8) is 0 Å². The van der Waals surface area contributed by atoms with Crippen molar-refractivity contribution in [2.24, 2.45) is 0 Å². The van der Waals surface area contributed by atoms with Crippen LogP contribution in [0.5, 0.6) is 0 Å². The Bertz CT molecular complexity index is 861. The summed E-state index contributed by atoms with van der Waals surface area (Å²) in [4.78, 5) is 12.2. The fourth-order valence-corrected chi connectivity index (χ4v) is 6.64. The average molecular weight is 473 g/mol. The third kappa shape index (κ3) is 4.20. The number of fused-ring (bicyclic) bond motifs is 3. The number of carbonyl (C=O) groups is 1. The minimum atomic E-state index is -0.628. The molecule has 6 atom stereocenters. The predicted molar refractivity (Wildman–Crippen MR) is 122 cm³/mol. The summed E-state index contributed by atoms with van der Waals surface area (Å²) in [5.74, 6) is -1.59. The molecule has 1 aromatic rings. The smallest absolute Gasteiger partial charge is 0.303 e. The lowest BCUT2D eigenvalue weighted by molar-refractivity contribution is -0.231. The van der Waals surface area contributed by atoms with Crippen molar-refractivity contribution in [1.82, 2.24) is 0 Å². The highest BCUT2D eigenvalue weighted by Gasteiger charge is 2.67. The summed E-state index contributed by atoms with van der Waals surface area (Å²) in [6.07, 6.45) is 7.55. The molecule has 5 aliphatic rings. The second-order valence-corrected chi connectivity index (χ2v) is 10.6. The first kappa shape index (κ1) is 22.9. The molecule has 0 unspecified atom stereocenters. The SMILES string of the molecule is CC(=O)O[C@H]1[C@H](OCc2ccccc2)[C@H]2OC3(CCCCC3)O[C@@H]2[C@H]2OC3(CCCCC3)O[C@@H]12. The molecule has 186 valence electrons. The molecule has 0 radical (unpaired) electrons. The van der Waals surface area contributed by atoms with Gasteiger partial charge in [-0.25, -0.2) is 0 Å². The lowest BCUT2D eigenvalue weighted by atomic mass is 9.84. The Kier molecular flexibility index (Phi) is 6.18. The van der Waals surface area contributed by atoms with E-state index in [4.69, 9.17) is 28.4 Å². The molecule has 0 bridgehead atoms. The monoisotopic (exact) mass is 472 g/mol. The molecule has 0 amide bonds. The zero-order valence-corrected chi connectivity index (χ0v) is 20.0. The van der Waals surface area contributed by atoms with Crippen molar-refractivity contribution in [2.75, 3.05) is 0 Å². The van der Waals surface area contributed by atoms with E-state index in [9.17, 15) is 4.79 Å². The van der Waals surface area contributed by atoms with Crippen LogP contribution >= 0.6 is 0 Å². The normalized spacial score (nSPS) is 37.9. The molecule has 6 rings (SSSR count). The molecular formula is C27H36O7. The van der Waals surface area contributed by atoms with Crippen molar-refractivity contribution < 1.29 is 33.2 Å². The minimum absolute atomic E-state index is 0.308. The van der Waals surface area contributed by atoms with E-state index in [1.807, 2.05) is 30.3 Å². The predicted octanol–water partition coefficient (Wildman–Crippen LogP) is 4.41. The molecule has 3 saturated carbocycles. The van der Waals surface area contributed by atoms with E-state index in [2.05, 4.69) is 0 Å². The molecule has 2 saturated heterocycles. The lowest BCUT2D eigenvalue weighted by Crippen LogP contribution is -2.63. The molecule has 5 fully saturated rings. The van der Waals surface area contributed by atoms with Crippen LogP contribution in [0.4, 0.5) is 0 Å². The van der Waals surface area contributed by atoms with Gasteiger partial charge in [-0.15, -0.1) is 0 Å². The molecular weight excluding hydrogens is 436 g/mol. The summed E-state index contributed by atoms with van der Waals surface area (Å²) >= 11 is 0. The first-order valence-corrected chi connectivity index (χ1v) is 13.1. The number of esters is 1. The molecule has 2 heterocycles. The van der Waals surface area contributed by atoms with Gasteiger partial charge in [-0.05, 0) is 31.2 Å². The van der Waals surface area contributed by atoms with Gasteiger partial charge in [0.1, 0.15) is 30.5 Å². The van der Waals surface area contributed by atoms with Gasteiger partial charge >= 0.3 is 5.97 Å². The highest BCUT2D eigenvalue weighted by molar-refractivity contribution is 5.66. The maximum absolute atomic E-state index is 12.2. The Morgan fingerprint density at radius 2 is 1.26 bits per heavy atom. The first-order chi connectivity index (χ1) is 16.6. The Hall–Kier alpha value is -1.51. The molecule has 7 heteroatoms. The maximum Gasteiger partial charge on any atom is 0.303 e. The van der Waals surface area contributed by atoms with Gasteiger partial charge in [0.15, 0.2) is 17.7 Å². The number of benzene rings is 1. The fourth-order valence-electron chi connectivity index (χ4n) is 6.64. The van der Waals surface area contributed by atoms with E-state index < -0.39 is 29.9 Å². The van der Waals surface area contributed by atoms with Gasteiger partial charge in [-0.3, -0.25) is 4.79 Å². The topological polar surface area (TPSA) is 72.5 Å². The lowest BCUT2D eigenvalue weighted by Gasteiger charge is -2.42. The van der Waals surface area contributed by atoms with E-state index in [-0.39, 0.29) is 24.3 Å². The Morgan fingerprint density at radius 3 is 1.79 bits per heavy atom. The third-order valence-electron chi connectivity index (χ3n) is 8.16. The van der Waals surface area contributed by atoms with E-state index in [1.165, 1.54) is 19.8 Å². The van der Waals surface area contributed by atoms with Crippen molar-refractivity contribution >= 4 is 5.97 Å². The van der Waals surface area contributed by atoms with Crippen LogP contribution in [0, 0.1) is 0 Å². The van der Waals surface area contributed by atoms with E-state index in [0.717, 1.165) is 56.9 Å². The van der Waals surface area contributed by atoms with Crippen LogP contribution in [-0.2, 0) is 39.8 Å². The van der Waals surface area contributed by atoms with E-state index in [1.54, 1.807) is 0 Å². The zero-order valence-electron chi connectivity index (χ0n) is 20.0. The summed E-state index contributed by atoms with van der Waals surface area (Å²) in [6.45, 7) is 1.84. The van der Waals surface area contributed by atoms with Crippen LogP contribution < -0.4 is 0 Å². The van der Waals surface area contributed by atoms with E-state index >= 15 is 0 Å². The molecule has 0 aromatic heterocycles. The fraction of sp³-hybridized carbons (Fsp3) is 0.741. The number of hydrogen-bond acceptors (Lipinski definition) is 7. The number of carbonyl (C=O) groups excluding carboxylic acids is 1.